The molecule has 19 heavy (non-hydrogen) atoms. The molecule has 104 valence electrons. The Morgan fingerprint density at radius 2 is 2.05 bits per heavy atom. The summed E-state index contributed by atoms with van der Waals surface area (Å²) in [5.41, 5.74) is 7.89. The number of hydrogen-bond donors (Lipinski definition) is 2. The molecule has 0 amide bonds. The molecule has 3 atom stereocenters. The molecule has 2 aliphatic rings. The maximum Gasteiger partial charge on any atom is 0.125 e. The van der Waals surface area contributed by atoms with Gasteiger partial charge in [0.1, 0.15) is 5.82 Å². The van der Waals surface area contributed by atoms with Gasteiger partial charge < -0.3 is 11.1 Å². The average Bonchev–Trinajstić information content (AvgIpc) is 2.80. The highest BCUT2D eigenvalue weighted by Crippen LogP contribution is 2.63. The molecule has 0 aromatic heterocycles. The molecule has 0 heterocycles. The average molecular weight is 262 g/mol. The van der Waals surface area contributed by atoms with E-state index in [0.29, 0.717) is 17.1 Å². The standard InChI is InChI=1S/C16H23FN2/c1-15(2)10-6-7-16(3,9-10)14(15)19-13-8-11(17)4-5-12(13)18/h4-5,8,10,14,19H,6-7,9,18H2,1-3H3. The van der Waals surface area contributed by atoms with E-state index < -0.39 is 0 Å². The van der Waals surface area contributed by atoms with E-state index in [1.165, 1.54) is 31.4 Å². The third kappa shape index (κ3) is 1.82. The molecule has 3 N–H and O–H groups in total. The lowest BCUT2D eigenvalue weighted by Crippen LogP contribution is -2.45. The smallest absolute Gasteiger partial charge is 0.125 e. The van der Waals surface area contributed by atoms with Crippen molar-refractivity contribution in [3.05, 3.63) is 24.0 Å². The van der Waals surface area contributed by atoms with E-state index in [2.05, 4.69) is 26.1 Å². The van der Waals surface area contributed by atoms with E-state index in [1.807, 2.05) is 0 Å². The summed E-state index contributed by atoms with van der Waals surface area (Å²) in [5.74, 6) is 0.535. The van der Waals surface area contributed by atoms with E-state index >= 15 is 0 Å². The molecule has 0 saturated heterocycles. The van der Waals surface area contributed by atoms with Crippen molar-refractivity contribution < 1.29 is 4.39 Å². The Hall–Kier alpha value is -1.25. The lowest BCUT2D eigenvalue weighted by atomic mass is 9.68. The topological polar surface area (TPSA) is 38.0 Å². The minimum absolute atomic E-state index is 0.234. The number of fused-ring (bicyclic) bond motifs is 2. The molecule has 2 saturated carbocycles. The molecule has 0 aliphatic heterocycles. The van der Waals surface area contributed by atoms with Crippen LogP contribution in [0.2, 0.25) is 0 Å². The van der Waals surface area contributed by atoms with Crippen molar-refractivity contribution in [3.8, 4) is 0 Å². The fourth-order valence-corrected chi connectivity index (χ4v) is 4.47. The second-order valence-electron chi connectivity index (χ2n) is 7.22. The Kier molecular flexibility index (Phi) is 2.60. The predicted octanol–water partition coefficient (Wildman–Crippen LogP) is 4.03. The Bertz CT molecular complexity index is 507. The Morgan fingerprint density at radius 3 is 2.68 bits per heavy atom. The third-order valence-electron chi connectivity index (χ3n) is 5.58. The third-order valence-corrected chi connectivity index (χ3v) is 5.58. The molecule has 3 rings (SSSR count). The Morgan fingerprint density at radius 1 is 1.32 bits per heavy atom. The number of anilines is 2. The van der Waals surface area contributed by atoms with Gasteiger partial charge in [0.15, 0.2) is 0 Å². The van der Waals surface area contributed by atoms with E-state index in [-0.39, 0.29) is 11.2 Å². The predicted molar refractivity (Wildman–Crippen MR) is 77.5 cm³/mol. The van der Waals surface area contributed by atoms with Gasteiger partial charge in [-0.25, -0.2) is 4.39 Å². The van der Waals surface area contributed by atoms with Gasteiger partial charge in [0, 0.05) is 6.04 Å². The van der Waals surface area contributed by atoms with Crippen molar-refractivity contribution in [2.24, 2.45) is 16.7 Å². The fourth-order valence-electron chi connectivity index (χ4n) is 4.47. The summed E-state index contributed by atoms with van der Waals surface area (Å²) in [6, 6.07) is 4.93. The molecule has 0 radical (unpaired) electrons. The summed E-state index contributed by atoms with van der Waals surface area (Å²) < 4.78 is 13.4. The van der Waals surface area contributed by atoms with Crippen molar-refractivity contribution in [3.63, 3.8) is 0 Å². The van der Waals surface area contributed by atoms with Crippen LogP contribution in [0.25, 0.3) is 0 Å². The maximum absolute atomic E-state index is 13.4. The van der Waals surface area contributed by atoms with Crippen LogP contribution in [0.4, 0.5) is 15.8 Å². The molecular formula is C16H23FN2. The van der Waals surface area contributed by atoms with Gasteiger partial charge in [-0.3, -0.25) is 0 Å². The van der Waals surface area contributed by atoms with Crippen LogP contribution in [-0.4, -0.2) is 6.04 Å². The highest BCUT2D eigenvalue weighted by atomic mass is 19.1. The summed E-state index contributed by atoms with van der Waals surface area (Å²) >= 11 is 0. The van der Waals surface area contributed by atoms with Crippen LogP contribution in [0.1, 0.15) is 40.0 Å². The quantitative estimate of drug-likeness (QED) is 0.790. The van der Waals surface area contributed by atoms with E-state index in [4.69, 9.17) is 5.73 Å². The molecule has 2 bridgehead atoms. The summed E-state index contributed by atoms with van der Waals surface area (Å²) in [7, 11) is 0. The first-order valence-corrected chi connectivity index (χ1v) is 7.14. The number of nitrogens with one attached hydrogen (secondary N) is 1. The van der Waals surface area contributed by atoms with Crippen molar-refractivity contribution in [2.45, 2.75) is 46.1 Å². The van der Waals surface area contributed by atoms with Gasteiger partial charge in [-0.05, 0) is 54.2 Å². The van der Waals surface area contributed by atoms with Crippen LogP contribution in [0.15, 0.2) is 18.2 Å². The lowest BCUT2D eigenvalue weighted by Gasteiger charge is -2.43. The first-order valence-electron chi connectivity index (χ1n) is 7.14. The lowest BCUT2D eigenvalue weighted by molar-refractivity contribution is 0.155. The zero-order valence-electron chi connectivity index (χ0n) is 12.0. The fraction of sp³-hybridized carbons (Fsp3) is 0.625. The van der Waals surface area contributed by atoms with Crippen molar-refractivity contribution >= 4 is 11.4 Å². The molecule has 1 aromatic carbocycles. The van der Waals surface area contributed by atoms with Crippen LogP contribution in [0.3, 0.4) is 0 Å². The molecule has 3 heteroatoms. The summed E-state index contributed by atoms with van der Waals surface area (Å²) in [6.45, 7) is 7.01. The highest BCUT2D eigenvalue weighted by Gasteiger charge is 2.59. The highest BCUT2D eigenvalue weighted by molar-refractivity contribution is 5.66. The van der Waals surface area contributed by atoms with Gasteiger partial charge in [0.2, 0.25) is 0 Å². The van der Waals surface area contributed by atoms with Crippen LogP contribution >= 0.6 is 0 Å². The Labute approximate surface area is 114 Å². The molecule has 3 unspecified atom stereocenters. The van der Waals surface area contributed by atoms with Gasteiger partial charge in [0.25, 0.3) is 0 Å². The van der Waals surface area contributed by atoms with Crippen molar-refractivity contribution in [1.82, 2.24) is 0 Å². The minimum Gasteiger partial charge on any atom is -0.397 e. The summed E-state index contributed by atoms with van der Waals surface area (Å²) in [6.07, 6.45) is 3.85. The number of benzene rings is 1. The zero-order valence-corrected chi connectivity index (χ0v) is 12.0. The van der Waals surface area contributed by atoms with E-state index in [1.54, 1.807) is 6.07 Å². The summed E-state index contributed by atoms with van der Waals surface area (Å²) in [4.78, 5) is 0. The second kappa shape index (κ2) is 3.87. The van der Waals surface area contributed by atoms with Crippen LogP contribution in [-0.2, 0) is 0 Å². The van der Waals surface area contributed by atoms with E-state index in [0.717, 1.165) is 11.6 Å². The van der Waals surface area contributed by atoms with Crippen molar-refractivity contribution in [1.29, 1.82) is 0 Å². The van der Waals surface area contributed by atoms with Crippen LogP contribution < -0.4 is 11.1 Å². The van der Waals surface area contributed by atoms with Gasteiger partial charge in [-0.1, -0.05) is 20.8 Å². The number of halogens is 1. The normalized spacial score (nSPS) is 35.6. The van der Waals surface area contributed by atoms with E-state index in [9.17, 15) is 4.39 Å². The molecule has 2 nitrogen and oxygen atoms in total. The number of rotatable bonds is 2. The first kappa shape index (κ1) is 12.8. The molecule has 2 fully saturated rings. The zero-order chi connectivity index (χ0) is 13.8. The SMILES string of the molecule is CC12CCC(C1)C(C)(C)C2Nc1cc(F)ccc1N. The Balaban J connectivity index is 1.92. The van der Waals surface area contributed by atoms with Crippen LogP contribution in [0.5, 0.6) is 0 Å². The molecule has 0 spiro atoms. The van der Waals surface area contributed by atoms with Gasteiger partial charge >= 0.3 is 0 Å². The largest absolute Gasteiger partial charge is 0.397 e. The maximum atomic E-state index is 13.4. The number of nitrogens with two attached hydrogens (primary N) is 1. The summed E-state index contributed by atoms with van der Waals surface area (Å²) in [5, 5.41) is 3.55. The first-order chi connectivity index (χ1) is 8.83. The van der Waals surface area contributed by atoms with Gasteiger partial charge in [-0.2, -0.15) is 0 Å². The van der Waals surface area contributed by atoms with Crippen molar-refractivity contribution in [2.75, 3.05) is 11.1 Å². The molecular weight excluding hydrogens is 239 g/mol. The minimum atomic E-state index is -0.234. The van der Waals surface area contributed by atoms with Gasteiger partial charge in [-0.15, -0.1) is 0 Å². The van der Waals surface area contributed by atoms with Gasteiger partial charge in [0.05, 0.1) is 11.4 Å². The number of nitrogen functional groups attached to an aromatic ring is 1. The molecule has 1 aromatic rings. The van der Waals surface area contributed by atoms with Crippen LogP contribution in [0, 0.1) is 22.6 Å². The number of hydrogen-bond acceptors (Lipinski definition) is 2. The monoisotopic (exact) mass is 262 g/mol. The second-order valence-corrected chi connectivity index (χ2v) is 7.22. The molecule has 2 aliphatic carbocycles.